The summed E-state index contributed by atoms with van der Waals surface area (Å²) >= 11 is 8.11. The van der Waals surface area contributed by atoms with Crippen molar-refractivity contribution in [3.8, 4) is 0 Å². The lowest BCUT2D eigenvalue weighted by molar-refractivity contribution is -0.143. The molecular formula is C56H73N11O12S2. The predicted octanol–water partition coefficient (Wildman–Crippen LogP) is 0.141. The van der Waals surface area contributed by atoms with Crippen LogP contribution in [0.2, 0.25) is 0 Å². The molecule has 81 heavy (non-hydrogen) atoms. The average molecular weight is 1160 g/mol. The van der Waals surface area contributed by atoms with Gasteiger partial charge in [0.1, 0.15) is 48.3 Å². The molecule has 6 rings (SSSR count). The van der Waals surface area contributed by atoms with Crippen LogP contribution < -0.4 is 43.0 Å². The smallest absolute Gasteiger partial charge is 0.327 e. The standard InChI is InChI=1S/C56H73N11O12S2/c1-29(2)21-40(61-53(75)46(30(3)68)65-48(70)37(57)27-80)49(71)63-43(24-34-26-59-39-18-11-9-16-36(34)39)55(77)67-20-12-19-45(67)52(74)66-47(31(4)69)54(76)62-41(22-32-13-6-5-7-14-32)50(72)60-42(51(73)64-44(28-81)56(78)79)23-33-25-58-38-17-10-8-15-35(33)38/h5-11,13-18,25-26,29-31,37,40-47,58-59,68-69,80-81H,12,19-24,27-28,57H2,1-4H3,(H,60,72)(H,61,75)(H,62,76)(H,63,71)(H,64,73)(H,65,70)(H,66,74)(H,78,79)/t30-,31-,37+,40+,41+,42+,43+,44+,45+,46+,47+/m1/s1. The molecule has 5 aromatic rings. The van der Waals surface area contributed by atoms with Crippen molar-refractivity contribution in [2.24, 2.45) is 11.7 Å². The molecule has 11 atom stereocenters. The van der Waals surface area contributed by atoms with Gasteiger partial charge in [0.25, 0.3) is 0 Å². The number of rotatable bonds is 28. The van der Waals surface area contributed by atoms with Crippen molar-refractivity contribution in [3.63, 3.8) is 0 Å². The van der Waals surface area contributed by atoms with Crippen molar-refractivity contribution in [2.45, 2.75) is 133 Å². The minimum absolute atomic E-state index is 0.0485. The SMILES string of the molecule is CC(C)C[C@H](NC(=O)[C@@H](NC(=O)[C@@H](N)CS)[C@@H](C)O)C(=O)N[C@@H](Cc1c[nH]c2ccccc12)C(=O)N1CCC[C@H]1C(=O)N[C@H](C(=O)N[C@@H](Cc1ccccc1)C(=O)N[C@@H](Cc1c[nH]c2ccccc12)C(=O)N[C@@H](CS)C(=O)O)[C@@H](C)O. The van der Waals surface area contributed by atoms with E-state index in [1.54, 1.807) is 54.9 Å². The number of H-pyrrole nitrogens is 2. The number of aliphatic hydroxyl groups excluding tert-OH is 2. The highest BCUT2D eigenvalue weighted by molar-refractivity contribution is 7.80. The second-order valence-electron chi connectivity index (χ2n) is 20.7. The number of carbonyl (C=O) groups is 9. The number of nitrogens with zero attached hydrogens (tertiary/aromatic N) is 1. The number of carboxylic acid groups (broad SMARTS) is 1. The first kappa shape index (κ1) is 62.7. The summed E-state index contributed by atoms with van der Waals surface area (Å²) in [6.45, 7) is 6.20. The number of aliphatic carboxylic acids is 1. The van der Waals surface area contributed by atoms with Gasteiger partial charge >= 0.3 is 5.97 Å². The third-order valence-electron chi connectivity index (χ3n) is 14.0. The van der Waals surface area contributed by atoms with Crippen molar-refractivity contribution in [1.29, 1.82) is 0 Å². The molecule has 1 fully saturated rings. The molecule has 436 valence electrons. The van der Waals surface area contributed by atoms with E-state index in [9.17, 15) is 58.5 Å². The average Bonchev–Trinajstić information content (AvgIpc) is 4.43. The van der Waals surface area contributed by atoms with Crippen molar-refractivity contribution >= 4 is 100 Å². The topological polar surface area (TPSA) is 359 Å². The number of nitrogens with one attached hydrogen (secondary N) is 9. The minimum Gasteiger partial charge on any atom is -0.480 e. The zero-order valence-corrected chi connectivity index (χ0v) is 47.2. The Balaban J connectivity index is 1.24. The molecule has 1 saturated heterocycles. The van der Waals surface area contributed by atoms with Gasteiger partial charge in [0.15, 0.2) is 0 Å². The van der Waals surface area contributed by atoms with Crippen LogP contribution in [0.5, 0.6) is 0 Å². The van der Waals surface area contributed by atoms with Gasteiger partial charge < -0.3 is 73.1 Å². The van der Waals surface area contributed by atoms with E-state index in [1.807, 2.05) is 50.2 Å². The van der Waals surface area contributed by atoms with Gasteiger partial charge in [-0.25, -0.2) is 4.79 Å². The van der Waals surface area contributed by atoms with Gasteiger partial charge in [-0.2, -0.15) is 25.3 Å². The third kappa shape index (κ3) is 16.8. The fourth-order valence-electron chi connectivity index (χ4n) is 9.64. The molecule has 0 aliphatic carbocycles. The van der Waals surface area contributed by atoms with Crippen LogP contribution in [-0.2, 0) is 62.4 Å². The Morgan fingerprint density at radius 1 is 0.580 bits per heavy atom. The van der Waals surface area contributed by atoms with Crippen LogP contribution >= 0.6 is 25.3 Å². The molecule has 0 unspecified atom stereocenters. The number of likely N-dealkylation sites (tertiary alicyclic amines) is 1. The highest BCUT2D eigenvalue weighted by Crippen LogP contribution is 2.24. The Labute approximate surface area is 479 Å². The predicted molar refractivity (Wildman–Crippen MR) is 309 cm³/mol. The first-order valence-electron chi connectivity index (χ1n) is 26.7. The lowest BCUT2D eigenvalue weighted by Gasteiger charge is -2.32. The molecular weight excluding hydrogens is 1080 g/mol. The van der Waals surface area contributed by atoms with E-state index in [1.165, 1.54) is 18.7 Å². The van der Waals surface area contributed by atoms with Crippen LogP contribution in [0, 0.1) is 5.92 Å². The van der Waals surface area contributed by atoms with Crippen molar-refractivity contribution in [1.82, 2.24) is 52.1 Å². The highest BCUT2D eigenvalue weighted by Gasteiger charge is 2.42. The Hall–Kier alpha value is -7.45. The second-order valence-corrected chi connectivity index (χ2v) is 21.4. The van der Waals surface area contributed by atoms with Gasteiger partial charge in [-0.05, 0) is 67.9 Å². The number of hydrogen-bond acceptors (Lipinski definition) is 14. The summed E-state index contributed by atoms with van der Waals surface area (Å²) in [7, 11) is 0. The van der Waals surface area contributed by atoms with Crippen molar-refractivity contribution < 1.29 is 58.5 Å². The molecule has 1 aliphatic rings. The minimum atomic E-state index is -1.70. The number of amides is 8. The summed E-state index contributed by atoms with van der Waals surface area (Å²) < 4.78 is 0. The zero-order chi connectivity index (χ0) is 59.1. The molecule has 8 amide bonds. The molecule has 14 N–H and O–H groups in total. The zero-order valence-electron chi connectivity index (χ0n) is 45.4. The molecule has 2 aromatic heterocycles. The molecule has 25 heteroatoms. The normalized spacial score (nSPS) is 17.1. The van der Waals surface area contributed by atoms with Crippen LogP contribution in [-0.4, -0.2) is 168 Å². The van der Waals surface area contributed by atoms with E-state index in [4.69, 9.17) is 5.73 Å². The number of carbonyl (C=O) groups excluding carboxylic acids is 8. The van der Waals surface area contributed by atoms with Crippen LogP contribution in [0.3, 0.4) is 0 Å². The van der Waals surface area contributed by atoms with Crippen molar-refractivity contribution in [2.75, 3.05) is 18.1 Å². The van der Waals surface area contributed by atoms with Gasteiger partial charge in [-0.15, -0.1) is 0 Å². The molecule has 1 aliphatic heterocycles. The van der Waals surface area contributed by atoms with Gasteiger partial charge in [-0.1, -0.05) is 80.6 Å². The molecule has 3 aromatic carbocycles. The number of nitrogens with two attached hydrogens (primary N) is 1. The monoisotopic (exact) mass is 1160 g/mol. The fourth-order valence-corrected chi connectivity index (χ4v) is 10.1. The van der Waals surface area contributed by atoms with Crippen LogP contribution in [0.4, 0.5) is 0 Å². The molecule has 0 spiro atoms. The summed E-state index contributed by atoms with van der Waals surface area (Å²) in [6, 6.07) is 10.8. The van der Waals surface area contributed by atoms with Crippen LogP contribution in [0.1, 0.15) is 63.6 Å². The van der Waals surface area contributed by atoms with E-state index in [0.717, 1.165) is 21.8 Å². The number of aliphatic hydroxyl groups is 2. The number of benzene rings is 3. The summed E-state index contributed by atoms with van der Waals surface area (Å²) in [6.07, 6.45) is 0.567. The number of carboxylic acids is 1. The van der Waals surface area contributed by atoms with E-state index in [0.29, 0.717) is 23.1 Å². The van der Waals surface area contributed by atoms with Gasteiger partial charge in [-0.3, -0.25) is 38.4 Å². The van der Waals surface area contributed by atoms with E-state index >= 15 is 0 Å². The molecule has 0 bridgehead atoms. The lowest BCUT2D eigenvalue weighted by Crippen LogP contribution is -2.62. The quantitative estimate of drug-likeness (QED) is 0.0297. The number of thiol groups is 2. The summed E-state index contributed by atoms with van der Waals surface area (Å²) in [5.41, 5.74) is 9.15. The van der Waals surface area contributed by atoms with E-state index in [-0.39, 0.29) is 56.1 Å². The Bertz CT molecular complexity index is 3030. The Kier molecular flexibility index (Phi) is 22.7. The summed E-state index contributed by atoms with van der Waals surface area (Å²) in [5, 5.41) is 51.1. The first-order chi connectivity index (χ1) is 38.6. The number of aromatic nitrogens is 2. The second kappa shape index (κ2) is 29.3. The number of aromatic amines is 2. The molecule has 0 radical (unpaired) electrons. The van der Waals surface area contributed by atoms with Crippen LogP contribution in [0.25, 0.3) is 21.8 Å². The van der Waals surface area contributed by atoms with Crippen LogP contribution in [0.15, 0.2) is 91.3 Å². The number of para-hydroxylation sites is 2. The molecule has 23 nitrogen and oxygen atoms in total. The van der Waals surface area contributed by atoms with Gasteiger partial charge in [0.05, 0.1) is 18.2 Å². The van der Waals surface area contributed by atoms with Gasteiger partial charge in [0, 0.05) is 71.5 Å². The summed E-state index contributed by atoms with van der Waals surface area (Å²) in [4.78, 5) is 133. The van der Waals surface area contributed by atoms with Gasteiger partial charge in [0.2, 0.25) is 47.3 Å². The van der Waals surface area contributed by atoms with E-state index < -0.39 is 120 Å². The lowest BCUT2D eigenvalue weighted by atomic mass is 9.99. The fraction of sp³-hybridized carbons (Fsp3) is 0.446. The van der Waals surface area contributed by atoms with Crippen molar-refractivity contribution in [3.05, 3.63) is 108 Å². The highest BCUT2D eigenvalue weighted by atomic mass is 32.1. The number of hydrogen-bond donors (Lipinski definition) is 15. The molecule has 3 heterocycles. The Morgan fingerprint density at radius 3 is 1.58 bits per heavy atom. The molecule has 0 saturated carbocycles. The summed E-state index contributed by atoms with van der Waals surface area (Å²) in [5.74, 6) is -8.45. The maximum atomic E-state index is 15.0. The third-order valence-corrected chi connectivity index (χ3v) is 14.8. The maximum absolute atomic E-state index is 15.0. The first-order valence-corrected chi connectivity index (χ1v) is 28.0. The largest absolute Gasteiger partial charge is 0.480 e. The Morgan fingerprint density at radius 2 is 1.05 bits per heavy atom. The number of fused-ring (bicyclic) bond motifs is 2. The maximum Gasteiger partial charge on any atom is 0.327 e. The van der Waals surface area contributed by atoms with E-state index in [2.05, 4.69) is 72.4 Å².